The average Bonchev–Trinajstić information content (AvgIpc) is 2.45. The lowest BCUT2D eigenvalue weighted by atomic mass is 9.73. The second-order valence-electron chi connectivity index (χ2n) is 8.36. The van der Waals surface area contributed by atoms with Crippen molar-refractivity contribution in [3.05, 3.63) is 35.9 Å². The Morgan fingerprint density at radius 2 is 1.77 bits per heavy atom. The molecule has 0 aliphatic heterocycles. The van der Waals surface area contributed by atoms with E-state index in [1.165, 1.54) is 18.4 Å². The molecule has 0 unspecified atom stereocenters. The van der Waals surface area contributed by atoms with E-state index in [0.717, 1.165) is 13.0 Å². The lowest BCUT2D eigenvalue weighted by Gasteiger charge is -2.41. The van der Waals surface area contributed by atoms with Crippen LogP contribution in [0.2, 0.25) is 18.1 Å². The minimum absolute atomic E-state index is 0.268. The lowest BCUT2D eigenvalue weighted by Crippen LogP contribution is -2.45. The molecule has 22 heavy (non-hydrogen) atoms. The Labute approximate surface area is 137 Å². The van der Waals surface area contributed by atoms with Gasteiger partial charge in [0.25, 0.3) is 0 Å². The predicted octanol–water partition coefficient (Wildman–Crippen LogP) is 4.92. The zero-order valence-corrected chi connectivity index (χ0v) is 15.9. The standard InChI is InChI=1S/C19H33NOSi/c1-19(2,3)22(4,5)21-14-16-12-9-13-17(20)18(16)15-10-7-6-8-11-15/h6-8,10-11,16-18H,9,12-14,20H2,1-5H3/t16-,17+,18-/m1/s1. The summed E-state index contributed by atoms with van der Waals surface area (Å²) in [4.78, 5) is 0. The molecule has 0 saturated heterocycles. The first kappa shape index (κ1) is 17.7. The van der Waals surface area contributed by atoms with Crippen molar-refractivity contribution in [2.45, 2.75) is 70.1 Å². The van der Waals surface area contributed by atoms with Gasteiger partial charge >= 0.3 is 0 Å². The normalized spacial score (nSPS) is 26.9. The van der Waals surface area contributed by atoms with Gasteiger partial charge in [-0.3, -0.25) is 0 Å². The molecular weight excluding hydrogens is 286 g/mol. The monoisotopic (exact) mass is 319 g/mol. The third-order valence-corrected chi connectivity index (χ3v) is 10.2. The molecular formula is C19H33NOSi. The van der Waals surface area contributed by atoms with Crippen LogP contribution in [0.1, 0.15) is 51.5 Å². The summed E-state index contributed by atoms with van der Waals surface area (Å²) < 4.78 is 6.52. The summed E-state index contributed by atoms with van der Waals surface area (Å²) in [5.41, 5.74) is 7.87. The third-order valence-electron chi connectivity index (χ3n) is 5.73. The lowest BCUT2D eigenvalue weighted by molar-refractivity contribution is 0.161. The summed E-state index contributed by atoms with van der Waals surface area (Å²) in [6, 6.07) is 11.1. The Balaban J connectivity index is 2.11. The molecule has 1 aliphatic carbocycles. The molecule has 1 aliphatic rings. The Bertz CT molecular complexity index is 466. The van der Waals surface area contributed by atoms with Crippen LogP contribution in [0.3, 0.4) is 0 Å². The molecule has 2 nitrogen and oxygen atoms in total. The number of benzene rings is 1. The highest BCUT2D eigenvalue weighted by atomic mass is 28.4. The average molecular weight is 320 g/mol. The third kappa shape index (κ3) is 4.00. The zero-order chi connectivity index (χ0) is 16.4. The molecule has 0 spiro atoms. The molecule has 0 bridgehead atoms. The Morgan fingerprint density at radius 3 is 2.36 bits per heavy atom. The first-order valence-electron chi connectivity index (χ1n) is 8.67. The van der Waals surface area contributed by atoms with Crippen LogP contribution in [-0.2, 0) is 4.43 Å². The fraction of sp³-hybridized carbons (Fsp3) is 0.684. The number of hydrogen-bond donors (Lipinski definition) is 1. The van der Waals surface area contributed by atoms with Crippen LogP contribution < -0.4 is 5.73 Å². The Kier molecular flexibility index (Phi) is 5.52. The van der Waals surface area contributed by atoms with Crippen molar-refractivity contribution in [2.24, 2.45) is 11.7 Å². The molecule has 2 N–H and O–H groups in total. The van der Waals surface area contributed by atoms with Gasteiger partial charge in [0.1, 0.15) is 0 Å². The first-order chi connectivity index (χ1) is 10.2. The molecule has 0 amide bonds. The van der Waals surface area contributed by atoms with Crippen molar-refractivity contribution in [3.8, 4) is 0 Å². The maximum absolute atomic E-state index is 6.52. The fourth-order valence-corrected chi connectivity index (χ4v) is 4.30. The summed E-state index contributed by atoms with van der Waals surface area (Å²) in [5.74, 6) is 1.000. The van der Waals surface area contributed by atoms with Crippen molar-refractivity contribution in [3.63, 3.8) is 0 Å². The number of hydrogen-bond acceptors (Lipinski definition) is 2. The van der Waals surface area contributed by atoms with E-state index < -0.39 is 8.32 Å². The quantitative estimate of drug-likeness (QED) is 0.799. The summed E-state index contributed by atoms with van der Waals surface area (Å²) >= 11 is 0. The molecule has 1 aromatic carbocycles. The van der Waals surface area contributed by atoms with Gasteiger partial charge in [0, 0.05) is 18.6 Å². The maximum Gasteiger partial charge on any atom is 0.191 e. The van der Waals surface area contributed by atoms with Crippen LogP contribution in [0.5, 0.6) is 0 Å². The molecule has 0 aromatic heterocycles. The van der Waals surface area contributed by atoms with Crippen LogP contribution in [0.4, 0.5) is 0 Å². The first-order valence-corrected chi connectivity index (χ1v) is 11.6. The van der Waals surface area contributed by atoms with Crippen LogP contribution in [0.25, 0.3) is 0 Å². The van der Waals surface area contributed by atoms with Gasteiger partial charge in [0.2, 0.25) is 0 Å². The van der Waals surface area contributed by atoms with E-state index in [-0.39, 0.29) is 11.1 Å². The van der Waals surface area contributed by atoms with Gasteiger partial charge in [0.15, 0.2) is 8.32 Å². The van der Waals surface area contributed by atoms with Crippen LogP contribution in [0.15, 0.2) is 30.3 Å². The van der Waals surface area contributed by atoms with Crippen LogP contribution >= 0.6 is 0 Å². The van der Waals surface area contributed by atoms with E-state index in [0.29, 0.717) is 11.8 Å². The van der Waals surface area contributed by atoms with Crippen molar-refractivity contribution in [1.29, 1.82) is 0 Å². The van der Waals surface area contributed by atoms with Crippen molar-refractivity contribution < 1.29 is 4.43 Å². The summed E-state index contributed by atoms with van der Waals surface area (Å²) in [5, 5.41) is 0.270. The highest BCUT2D eigenvalue weighted by Gasteiger charge is 2.39. The Morgan fingerprint density at radius 1 is 1.14 bits per heavy atom. The largest absolute Gasteiger partial charge is 0.417 e. The Hall–Kier alpha value is -0.643. The number of nitrogens with two attached hydrogens (primary N) is 1. The number of rotatable bonds is 4. The second-order valence-corrected chi connectivity index (χ2v) is 13.2. The molecule has 124 valence electrons. The smallest absolute Gasteiger partial charge is 0.191 e. The SMILES string of the molecule is CC(C)(C)[Si](C)(C)OC[C@H]1CCC[C@H](N)[C@@H]1c1ccccc1. The van der Waals surface area contributed by atoms with E-state index in [4.69, 9.17) is 10.2 Å². The molecule has 0 radical (unpaired) electrons. The molecule has 0 heterocycles. The van der Waals surface area contributed by atoms with Gasteiger partial charge < -0.3 is 10.2 Å². The fourth-order valence-electron chi connectivity index (χ4n) is 3.24. The summed E-state index contributed by atoms with van der Waals surface area (Å²) in [6.45, 7) is 12.5. The van der Waals surface area contributed by atoms with E-state index >= 15 is 0 Å². The van der Waals surface area contributed by atoms with E-state index in [1.54, 1.807) is 0 Å². The highest BCUT2D eigenvalue weighted by molar-refractivity contribution is 6.74. The van der Waals surface area contributed by atoms with Gasteiger partial charge in [-0.15, -0.1) is 0 Å². The topological polar surface area (TPSA) is 35.2 Å². The molecule has 2 rings (SSSR count). The van der Waals surface area contributed by atoms with E-state index in [1.807, 2.05) is 0 Å². The highest BCUT2D eigenvalue weighted by Crippen LogP contribution is 2.41. The molecule has 1 saturated carbocycles. The van der Waals surface area contributed by atoms with Gasteiger partial charge in [-0.2, -0.15) is 0 Å². The van der Waals surface area contributed by atoms with Gasteiger partial charge in [0.05, 0.1) is 0 Å². The van der Waals surface area contributed by atoms with Crippen molar-refractivity contribution in [2.75, 3.05) is 6.61 Å². The van der Waals surface area contributed by atoms with Crippen molar-refractivity contribution in [1.82, 2.24) is 0 Å². The molecule has 1 aromatic rings. The minimum Gasteiger partial charge on any atom is -0.417 e. The van der Waals surface area contributed by atoms with Gasteiger partial charge in [-0.05, 0) is 42.5 Å². The predicted molar refractivity (Wildman–Crippen MR) is 97.6 cm³/mol. The summed E-state index contributed by atoms with van der Waals surface area (Å²) in [7, 11) is -1.68. The van der Waals surface area contributed by atoms with Gasteiger partial charge in [-0.1, -0.05) is 57.5 Å². The summed E-state index contributed by atoms with van der Waals surface area (Å²) in [6.07, 6.45) is 3.61. The zero-order valence-electron chi connectivity index (χ0n) is 14.9. The molecule has 3 heteroatoms. The second kappa shape index (κ2) is 6.86. The molecule has 3 atom stereocenters. The van der Waals surface area contributed by atoms with E-state index in [9.17, 15) is 0 Å². The van der Waals surface area contributed by atoms with Crippen molar-refractivity contribution >= 4 is 8.32 Å². The van der Waals surface area contributed by atoms with E-state index in [2.05, 4.69) is 64.2 Å². The maximum atomic E-state index is 6.52. The van der Waals surface area contributed by atoms with Crippen LogP contribution in [0, 0.1) is 5.92 Å². The molecule has 1 fully saturated rings. The van der Waals surface area contributed by atoms with Crippen LogP contribution in [-0.4, -0.2) is 21.0 Å². The minimum atomic E-state index is -1.68. The van der Waals surface area contributed by atoms with Gasteiger partial charge in [-0.25, -0.2) is 0 Å².